The number of thioether (sulfide) groups is 2. The lowest BCUT2D eigenvalue weighted by molar-refractivity contribution is 0.605. The average Bonchev–Trinajstić information content (AvgIpc) is 3.91. The van der Waals surface area contributed by atoms with Gasteiger partial charge in [0.15, 0.2) is 0 Å². The van der Waals surface area contributed by atoms with Crippen molar-refractivity contribution in [1.29, 1.82) is 0 Å². The highest BCUT2D eigenvalue weighted by Crippen LogP contribution is 2.39. The second-order valence-corrected chi connectivity index (χ2v) is 17.2. The Labute approximate surface area is 312 Å². The first-order chi connectivity index (χ1) is 25.2. The van der Waals surface area contributed by atoms with Crippen LogP contribution in [0.5, 0.6) is 0 Å². The zero-order chi connectivity index (χ0) is 35.2. The molecule has 4 nitrogen and oxygen atoms in total. The quantitative estimate of drug-likeness (QED) is 0.178. The van der Waals surface area contributed by atoms with Crippen molar-refractivity contribution in [2.45, 2.75) is 38.8 Å². The summed E-state index contributed by atoms with van der Waals surface area (Å²) < 4.78 is 4.82. The van der Waals surface area contributed by atoms with Gasteiger partial charge >= 0.3 is 0 Å². The fourth-order valence-corrected chi connectivity index (χ4v) is 10.2. The van der Waals surface area contributed by atoms with Gasteiger partial charge < -0.3 is 9.13 Å². The van der Waals surface area contributed by atoms with E-state index in [9.17, 15) is 0 Å². The smallest absolute Gasteiger partial charge is 0.0985 e. The zero-order valence-electron chi connectivity index (χ0n) is 29.7. The van der Waals surface area contributed by atoms with Crippen LogP contribution in [0, 0.1) is 0 Å². The third kappa shape index (κ3) is 5.22. The Hall–Kier alpha value is -5.04. The molecular weight excluding hydrogens is 673 g/mol. The Morgan fingerprint density at radius 2 is 0.846 bits per heavy atom. The highest BCUT2D eigenvalue weighted by Gasteiger charge is 2.27. The third-order valence-corrected chi connectivity index (χ3v) is 13.2. The molecule has 254 valence electrons. The van der Waals surface area contributed by atoms with Crippen molar-refractivity contribution in [3.8, 4) is 22.5 Å². The Balaban J connectivity index is 1.10. The number of hydrogen-bond donors (Lipinski definition) is 0. The minimum absolute atomic E-state index is 0.0239. The number of nitrogens with zero attached hydrogens (tertiary/aromatic N) is 4. The van der Waals surface area contributed by atoms with Gasteiger partial charge in [-0.05, 0) is 99.5 Å². The van der Waals surface area contributed by atoms with Crippen molar-refractivity contribution in [3.05, 3.63) is 145 Å². The number of benzene rings is 6. The first kappa shape index (κ1) is 31.7. The molecule has 52 heavy (non-hydrogen) atoms. The van der Waals surface area contributed by atoms with E-state index in [1.54, 1.807) is 0 Å². The van der Waals surface area contributed by atoms with Gasteiger partial charge in [-0.2, -0.15) is 0 Å². The number of aromatic nitrogens is 2. The molecule has 0 saturated heterocycles. The van der Waals surface area contributed by atoms with Gasteiger partial charge in [-0.25, -0.2) is 0 Å². The molecule has 10 rings (SSSR count). The van der Waals surface area contributed by atoms with Crippen LogP contribution < -0.4 is 0 Å². The monoisotopic (exact) mass is 710 g/mol. The maximum atomic E-state index is 5.03. The highest BCUT2D eigenvalue weighted by molar-refractivity contribution is 8.15. The molecule has 0 bridgehead atoms. The maximum Gasteiger partial charge on any atom is 0.0985 e. The van der Waals surface area contributed by atoms with E-state index in [4.69, 9.17) is 9.98 Å². The third-order valence-electron chi connectivity index (χ3n) is 10.3. The minimum atomic E-state index is -0.0239. The van der Waals surface area contributed by atoms with Crippen molar-refractivity contribution in [1.82, 2.24) is 9.13 Å². The van der Waals surface area contributed by atoms with Crippen LogP contribution in [-0.2, 0) is 0 Å². The number of hydrogen-bond acceptors (Lipinski definition) is 4. The summed E-state index contributed by atoms with van der Waals surface area (Å²) in [5, 5.41) is 7.27. The molecule has 2 aliphatic heterocycles. The Kier molecular flexibility index (Phi) is 7.15. The summed E-state index contributed by atoms with van der Waals surface area (Å²) in [7, 11) is 0. The first-order valence-corrected chi connectivity index (χ1v) is 19.9. The summed E-state index contributed by atoms with van der Waals surface area (Å²) in [5.74, 6) is 2.02. The van der Waals surface area contributed by atoms with E-state index in [2.05, 4.69) is 170 Å². The van der Waals surface area contributed by atoms with Gasteiger partial charge in [-0.3, -0.25) is 9.98 Å². The molecule has 6 heteroatoms. The SMILES string of the molecule is CC1(C)CSC(c2cccc(-n3c4ccccc4c4cc(-c5ccc6c(c5)c5ccccc5n6-c5cccc(C6=NC(C)(C)CS6)c5)ccc43)c2)=N1. The lowest BCUT2D eigenvalue weighted by Gasteiger charge is -2.11. The van der Waals surface area contributed by atoms with E-state index in [1.165, 1.54) is 65.9 Å². The van der Waals surface area contributed by atoms with Crippen LogP contribution in [0.3, 0.4) is 0 Å². The van der Waals surface area contributed by atoms with Crippen molar-refractivity contribution in [2.75, 3.05) is 11.5 Å². The van der Waals surface area contributed by atoms with Gasteiger partial charge in [0.1, 0.15) is 0 Å². The van der Waals surface area contributed by atoms with E-state index < -0.39 is 0 Å². The minimum Gasteiger partial charge on any atom is -0.309 e. The predicted molar refractivity (Wildman–Crippen MR) is 227 cm³/mol. The van der Waals surface area contributed by atoms with Crippen molar-refractivity contribution < 1.29 is 0 Å². The summed E-state index contributed by atoms with van der Waals surface area (Å²) in [6, 6.07) is 49.2. The molecule has 0 radical (unpaired) electrons. The molecule has 2 aliphatic rings. The Morgan fingerprint density at radius 1 is 0.423 bits per heavy atom. The summed E-state index contributed by atoms with van der Waals surface area (Å²) in [4.78, 5) is 10.1. The predicted octanol–water partition coefficient (Wildman–Crippen LogP) is 12.1. The van der Waals surface area contributed by atoms with Gasteiger partial charge in [0.05, 0.1) is 43.2 Å². The van der Waals surface area contributed by atoms with Gasteiger partial charge in [0, 0.05) is 55.6 Å². The number of para-hydroxylation sites is 2. The number of rotatable bonds is 5. The van der Waals surface area contributed by atoms with E-state index in [0.717, 1.165) is 33.0 Å². The molecule has 0 aliphatic carbocycles. The second kappa shape index (κ2) is 11.7. The molecule has 0 N–H and O–H groups in total. The molecule has 0 atom stereocenters. The fraction of sp³-hybridized carbons (Fsp3) is 0.174. The molecular formula is C46H38N4S2. The molecule has 8 aromatic rings. The summed E-state index contributed by atoms with van der Waals surface area (Å²) >= 11 is 3.71. The lowest BCUT2D eigenvalue weighted by atomic mass is 10.0. The normalized spacial score (nSPS) is 16.7. The van der Waals surface area contributed by atoms with Crippen LogP contribution in [0.15, 0.2) is 143 Å². The van der Waals surface area contributed by atoms with E-state index >= 15 is 0 Å². The lowest BCUT2D eigenvalue weighted by Crippen LogP contribution is -2.15. The summed E-state index contributed by atoms with van der Waals surface area (Å²) in [6.07, 6.45) is 0. The second-order valence-electron chi connectivity index (χ2n) is 15.3. The number of fused-ring (bicyclic) bond motifs is 6. The molecule has 0 fully saturated rings. The Morgan fingerprint density at radius 3 is 1.27 bits per heavy atom. The van der Waals surface area contributed by atoms with Crippen LogP contribution in [0.25, 0.3) is 66.1 Å². The maximum absolute atomic E-state index is 5.03. The van der Waals surface area contributed by atoms with Crippen LogP contribution in [-0.4, -0.2) is 41.8 Å². The van der Waals surface area contributed by atoms with Crippen LogP contribution in [0.1, 0.15) is 38.8 Å². The fourth-order valence-electron chi connectivity index (χ4n) is 7.88. The summed E-state index contributed by atoms with van der Waals surface area (Å²) in [5.41, 5.74) is 11.9. The van der Waals surface area contributed by atoms with Crippen molar-refractivity contribution in [3.63, 3.8) is 0 Å². The van der Waals surface area contributed by atoms with Gasteiger partial charge in [0.2, 0.25) is 0 Å². The molecule has 0 unspecified atom stereocenters. The molecule has 2 aromatic heterocycles. The van der Waals surface area contributed by atoms with Crippen LogP contribution >= 0.6 is 23.5 Å². The molecule has 0 amide bonds. The van der Waals surface area contributed by atoms with Gasteiger partial charge in [-0.15, -0.1) is 23.5 Å². The van der Waals surface area contributed by atoms with Crippen molar-refractivity contribution in [2.24, 2.45) is 9.98 Å². The zero-order valence-corrected chi connectivity index (χ0v) is 31.4. The first-order valence-electron chi connectivity index (χ1n) is 18.0. The van der Waals surface area contributed by atoms with Gasteiger partial charge in [0.25, 0.3) is 0 Å². The molecule has 0 spiro atoms. The molecule has 0 saturated carbocycles. The topological polar surface area (TPSA) is 34.6 Å². The summed E-state index contributed by atoms with van der Waals surface area (Å²) in [6.45, 7) is 8.84. The number of aliphatic imine (C=N–C) groups is 2. The molecule has 4 heterocycles. The standard InChI is InChI=1S/C46H38N4S2/c1-45(2)27-51-43(47-45)31-11-9-13-33(23-31)49-39-17-7-5-15-35(39)37-25-29(19-21-41(37)49)30-20-22-42-38(26-30)36-16-6-8-18-40(36)50(42)34-14-10-12-32(24-34)44-48-46(3,4)28-52-44/h5-26H,27-28H2,1-4H3. The van der Waals surface area contributed by atoms with E-state index in [1.807, 2.05) is 23.5 Å². The van der Waals surface area contributed by atoms with E-state index in [0.29, 0.717) is 0 Å². The van der Waals surface area contributed by atoms with Crippen LogP contribution in [0.2, 0.25) is 0 Å². The molecule has 6 aromatic carbocycles. The van der Waals surface area contributed by atoms with Gasteiger partial charge in [-0.1, -0.05) is 72.8 Å². The highest BCUT2D eigenvalue weighted by atomic mass is 32.2. The average molecular weight is 711 g/mol. The Bertz CT molecular complexity index is 2620. The van der Waals surface area contributed by atoms with Crippen LogP contribution in [0.4, 0.5) is 0 Å². The largest absolute Gasteiger partial charge is 0.309 e. The van der Waals surface area contributed by atoms with Crippen molar-refractivity contribution >= 4 is 77.2 Å². The van der Waals surface area contributed by atoms with E-state index in [-0.39, 0.29) is 11.1 Å².